The van der Waals surface area contributed by atoms with E-state index in [1.54, 1.807) is 18.2 Å². The minimum Gasteiger partial charge on any atom is -0.508 e. The van der Waals surface area contributed by atoms with Gasteiger partial charge in [0, 0.05) is 26.7 Å². The van der Waals surface area contributed by atoms with Crippen LogP contribution in [-0.2, 0) is 6.61 Å². The van der Waals surface area contributed by atoms with Crippen LogP contribution in [0.4, 0.5) is 0 Å². The zero-order chi connectivity index (χ0) is 13.8. The number of rotatable bonds is 4. The molecule has 0 bridgehead atoms. The highest BCUT2D eigenvalue weighted by molar-refractivity contribution is 9.10. The molecule has 2 rings (SSSR count). The Morgan fingerprint density at radius 3 is 2.74 bits per heavy atom. The Hall–Kier alpha value is -1.52. The molecule has 0 saturated heterocycles. The zero-order valence-electron chi connectivity index (χ0n) is 9.77. The van der Waals surface area contributed by atoms with Gasteiger partial charge < -0.3 is 9.84 Å². The van der Waals surface area contributed by atoms with Crippen molar-refractivity contribution < 1.29 is 14.6 Å². The molecule has 98 valence electrons. The molecule has 0 radical (unpaired) electrons. The number of ether oxygens (including phenoxy) is 1. The second kappa shape index (κ2) is 6.08. The monoisotopic (exact) mass is 340 g/mol. The van der Waals surface area contributed by atoms with Crippen molar-refractivity contribution in [3.63, 3.8) is 0 Å². The van der Waals surface area contributed by atoms with Gasteiger partial charge in [0.25, 0.3) is 0 Å². The van der Waals surface area contributed by atoms with Crippen molar-refractivity contribution in [1.82, 2.24) is 0 Å². The summed E-state index contributed by atoms with van der Waals surface area (Å²) in [6, 6.07) is 9.78. The van der Waals surface area contributed by atoms with E-state index in [1.165, 1.54) is 12.1 Å². The second-order valence-electron chi connectivity index (χ2n) is 3.90. The predicted molar refractivity (Wildman–Crippen MR) is 77.0 cm³/mol. The van der Waals surface area contributed by atoms with Crippen molar-refractivity contribution >= 4 is 33.8 Å². The molecule has 0 aliphatic carbocycles. The summed E-state index contributed by atoms with van der Waals surface area (Å²) in [6.45, 7) is 0.305. The maximum atomic E-state index is 10.7. The number of phenolic OH excluding ortho intramolecular Hbond substituents is 1. The maximum absolute atomic E-state index is 10.7. The third kappa shape index (κ3) is 3.72. The standard InChI is InChI=1S/C14H10BrClO3/c15-14-5-11(16)2-1-10(14)8-19-13-4-9(7-17)3-12(18)6-13/h1-7,18H,8H2. The van der Waals surface area contributed by atoms with Gasteiger partial charge in [0.15, 0.2) is 0 Å². The first-order valence-corrected chi connectivity index (χ1v) is 6.61. The number of halogens is 2. The van der Waals surface area contributed by atoms with E-state index in [1.807, 2.05) is 6.07 Å². The first-order chi connectivity index (χ1) is 9.08. The van der Waals surface area contributed by atoms with Crippen LogP contribution in [0.1, 0.15) is 15.9 Å². The van der Waals surface area contributed by atoms with Crippen LogP contribution in [-0.4, -0.2) is 11.4 Å². The molecule has 2 aromatic carbocycles. The summed E-state index contributed by atoms with van der Waals surface area (Å²) in [5.41, 5.74) is 1.28. The minimum absolute atomic E-state index is 0.00484. The van der Waals surface area contributed by atoms with Crippen LogP contribution in [0.15, 0.2) is 40.9 Å². The maximum Gasteiger partial charge on any atom is 0.150 e. The van der Waals surface area contributed by atoms with Gasteiger partial charge in [-0.2, -0.15) is 0 Å². The molecule has 0 atom stereocenters. The number of aldehydes is 1. The highest BCUT2D eigenvalue weighted by Crippen LogP contribution is 2.25. The predicted octanol–water partition coefficient (Wildman–Crippen LogP) is 4.20. The molecule has 2 aromatic rings. The Morgan fingerprint density at radius 1 is 1.26 bits per heavy atom. The van der Waals surface area contributed by atoms with E-state index in [4.69, 9.17) is 16.3 Å². The second-order valence-corrected chi connectivity index (χ2v) is 5.19. The number of phenols is 1. The lowest BCUT2D eigenvalue weighted by atomic mass is 10.2. The first-order valence-electron chi connectivity index (χ1n) is 5.44. The largest absolute Gasteiger partial charge is 0.508 e. The summed E-state index contributed by atoms with van der Waals surface area (Å²) < 4.78 is 6.39. The fraction of sp³-hybridized carbons (Fsp3) is 0.0714. The number of aromatic hydroxyl groups is 1. The van der Waals surface area contributed by atoms with Crippen molar-refractivity contribution in [2.24, 2.45) is 0 Å². The van der Waals surface area contributed by atoms with Crippen molar-refractivity contribution in [1.29, 1.82) is 0 Å². The molecule has 0 aliphatic heterocycles. The van der Waals surface area contributed by atoms with Gasteiger partial charge >= 0.3 is 0 Å². The van der Waals surface area contributed by atoms with Crippen LogP contribution >= 0.6 is 27.5 Å². The first kappa shape index (κ1) is 13.9. The van der Waals surface area contributed by atoms with Crippen LogP contribution in [0.25, 0.3) is 0 Å². The van der Waals surface area contributed by atoms with Gasteiger partial charge in [-0.15, -0.1) is 0 Å². The van der Waals surface area contributed by atoms with E-state index < -0.39 is 0 Å². The van der Waals surface area contributed by atoms with Crippen molar-refractivity contribution in [3.05, 3.63) is 57.0 Å². The molecule has 19 heavy (non-hydrogen) atoms. The van der Waals surface area contributed by atoms with Gasteiger partial charge in [0.2, 0.25) is 0 Å². The number of hydrogen-bond acceptors (Lipinski definition) is 3. The minimum atomic E-state index is -0.00484. The van der Waals surface area contributed by atoms with Gasteiger partial charge in [0.05, 0.1) is 0 Å². The van der Waals surface area contributed by atoms with Gasteiger partial charge in [-0.25, -0.2) is 0 Å². The summed E-state index contributed by atoms with van der Waals surface area (Å²) in [7, 11) is 0. The van der Waals surface area contributed by atoms with Crippen molar-refractivity contribution in [2.75, 3.05) is 0 Å². The summed E-state index contributed by atoms with van der Waals surface area (Å²) in [5.74, 6) is 0.429. The Balaban J connectivity index is 2.14. The van der Waals surface area contributed by atoms with E-state index in [2.05, 4.69) is 15.9 Å². The molecule has 3 nitrogen and oxygen atoms in total. The van der Waals surface area contributed by atoms with Crippen LogP contribution in [0.5, 0.6) is 11.5 Å². The topological polar surface area (TPSA) is 46.5 Å². The zero-order valence-corrected chi connectivity index (χ0v) is 12.1. The van der Waals surface area contributed by atoms with Crippen LogP contribution in [0.2, 0.25) is 5.02 Å². The fourth-order valence-electron chi connectivity index (χ4n) is 1.56. The molecule has 0 aliphatic rings. The summed E-state index contributed by atoms with van der Waals surface area (Å²) >= 11 is 9.24. The number of benzene rings is 2. The van der Waals surface area contributed by atoms with Crippen LogP contribution in [0.3, 0.4) is 0 Å². The molecule has 0 aromatic heterocycles. The molecule has 5 heteroatoms. The van der Waals surface area contributed by atoms with Gasteiger partial charge in [0.1, 0.15) is 24.4 Å². The lowest BCUT2D eigenvalue weighted by Crippen LogP contribution is -1.97. The molecule has 0 fully saturated rings. The lowest BCUT2D eigenvalue weighted by Gasteiger charge is -2.09. The van der Waals surface area contributed by atoms with Crippen LogP contribution < -0.4 is 4.74 Å². The van der Waals surface area contributed by atoms with E-state index in [-0.39, 0.29) is 5.75 Å². The van der Waals surface area contributed by atoms with Gasteiger partial charge in [-0.1, -0.05) is 33.6 Å². The summed E-state index contributed by atoms with van der Waals surface area (Å²) in [5, 5.41) is 10.1. The number of hydrogen-bond donors (Lipinski definition) is 1. The third-order valence-corrected chi connectivity index (χ3v) is 3.43. The average Bonchev–Trinajstić information content (AvgIpc) is 2.37. The average molecular weight is 342 g/mol. The lowest BCUT2D eigenvalue weighted by molar-refractivity contribution is 0.112. The summed E-state index contributed by atoms with van der Waals surface area (Å²) in [4.78, 5) is 10.7. The molecular formula is C14H10BrClO3. The van der Waals surface area contributed by atoms with E-state index >= 15 is 0 Å². The van der Waals surface area contributed by atoms with Crippen LogP contribution in [0, 0.1) is 0 Å². The molecule has 0 amide bonds. The van der Waals surface area contributed by atoms with E-state index in [9.17, 15) is 9.90 Å². The number of carbonyl (C=O) groups is 1. The Bertz CT molecular complexity index is 614. The highest BCUT2D eigenvalue weighted by Gasteiger charge is 2.04. The van der Waals surface area contributed by atoms with Crippen molar-refractivity contribution in [3.8, 4) is 11.5 Å². The molecule has 0 unspecified atom stereocenters. The molecule has 1 N–H and O–H groups in total. The molecule has 0 saturated carbocycles. The van der Waals surface area contributed by atoms with Gasteiger partial charge in [-0.3, -0.25) is 4.79 Å². The highest BCUT2D eigenvalue weighted by atomic mass is 79.9. The Morgan fingerprint density at radius 2 is 2.05 bits per heavy atom. The molecule has 0 heterocycles. The smallest absolute Gasteiger partial charge is 0.150 e. The Labute approximate surface area is 123 Å². The quantitative estimate of drug-likeness (QED) is 0.848. The fourth-order valence-corrected chi connectivity index (χ4v) is 2.35. The molecular weight excluding hydrogens is 332 g/mol. The Kier molecular flexibility index (Phi) is 4.45. The molecule has 0 spiro atoms. The van der Waals surface area contributed by atoms with E-state index in [0.717, 1.165) is 10.0 Å². The van der Waals surface area contributed by atoms with Crippen molar-refractivity contribution in [2.45, 2.75) is 6.61 Å². The number of carbonyl (C=O) groups excluding carboxylic acids is 1. The normalized spacial score (nSPS) is 10.2. The summed E-state index contributed by atoms with van der Waals surface area (Å²) in [6.07, 6.45) is 0.658. The third-order valence-electron chi connectivity index (χ3n) is 2.46. The SMILES string of the molecule is O=Cc1cc(O)cc(OCc2ccc(Cl)cc2Br)c1. The van der Waals surface area contributed by atoms with E-state index in [0.29, 0.717) is 29.2 Å². The van der Waals surface area contributed by atoms with Gasteiger partial charge in [-0.05, 0) is 24.3 Å².